The molecule has 0 aliphatic heterocycles. The number of hydrogen-bond acceptors (Lipinski definition) is 6. The normalized spacial score (nSPS) is 11.8. The zero-order chi connectivity index (χ0) is 14.9. The molecule has 0 saturated carbocycles. The molecule has 110 valence electrons. The lowest BCUT2D eigenvalue weighted by molar-refractivity contribution is 0.600. The quantitative estimate of drug-likeness (QED) is 0.872. The van der Waals surface area contributed by atoms with Crippen LogP contribution in [0.4, 0.5) is 10.9 Å². The van der Waals surface area contributed by atoms with Crippen LogP contribution >= 0.6 is 11.3 Å². The van der Waals surface area contributed by atoms with Gasteiger partial charge in [0.1, 0.15) is 4.90 Å². The number of nitrogens with zero attached hydrogens (tertiary/aromatic N) is 3. The van der Waals surface area contributed by atoms with E-state index in [0.717, 1.165) is 17.0 Å². The molecule has 0 atom stereocenters. The molecule has 0 amide bonds. The molecule has 2 heterocycles. The first-order valence-corrected chi connectivity index (χ1v) is 8.49. The van der Waals surface area contributed by atoms with Gasteiger partial charge in [-0.3, -0.25) is 9.40 Å². The van der Waals surface area contributed by atoms with Crippen molar-refractivity contribution in [1.82, 2.24) is 14.8 Å². The smallest absolute Gasteiger partial charge is 0.268 e. The second-order valence-corrected chi connectivity index (χ2v) is 7.07. The average molecular weight is 315 g/mol. The van der Waals surface area contributed by atoms with Crippen LogP contribution in [-0.4, -0.2) is 23.2 Å². The Morgan fingerprint density at radius 3 is 2.65 bits per heavy atom. The SMILES string of the molecule is CCc1nc(NS(=O)(=O)c2cn(CC)nc2N)sc1C. The summed E-state index contributed by atoms with van der Waals surface area (Å²) in [6.07, 6.45) is 2.18. The average Bonchev–Trinajstić information content (AvgIpc) is 2.92. The number of aromatic nitrogens is 3. The van der Waals surface area contributed by atoms with E-state index in [1.807, 2.05) is 20.8 Å². The van der Waals surface area contributed by atoms with Crippen molar-refractivity contribution < 1.29 is 8.42 Å². The van der Waals surface area contributed by atoms with Crippen LogP contribution in [0.2, 0.25) is 0 Å². The van der Waals surface area contributed by atoms with Crippen molar-refractivity contribution in [3.8, 4) is 0 Å². The third kappa shape index (κ3) is 2.78. The molecule has 0 aliphatic rings. The molecule has 0 unspecified atom stereocenters. The topological polar surface area (TPSA) is 103 Å². The van der Waals surface area contributed by atoms with Gasteiger partial charge in [-0.1, -0.05) is 6.92 Å². The Kier molecular flexibility index (Phi) is 4.00. The molecule has 2 rings (SSSR count). The number of sulfonamides is 1. The van der Waals surface area contributed by atoms with Gasteiger partial charge >= 0.3 is 0 Å². The highest BCUT2D eigenvalue weighted by atomic mass is 32.2. The molecule has 2 aromatic rings. The summed E-state index contributed by atoms with van der Waals surface area (Å²) < 4.78 is 28.5. The maximum atomic E-state index is 12.3. The Morgan fingerprint density at radius 2 is 2.15 bits per heavy atom. The maximum absolute atomic E-state index is 12.3. The fourth-order valence-corrected chi connectivity index (χ4v) is 3.97. The van der Waals surface area contributed by atoms with Crippen molar-refractivity contribution in [3.63, 3.8) is 0 Å². The van der Waals surface area contributed by atoms with Crippen molar-refractivity contribution >= 4 is 32.3 Å². The van der Waals surface area contributed by atoms with Gasteiger partial charge in [0.05, 0.1) is 5.69 Å². The summed E-state index contributed by atoms with van der Waals surface area (Å²) in [5.41, 5.74) is 6.54. The lowest BCUT2D eigenvalue weighted by Gasteiger charge is -2.02. The van der Waals surface area contributed by atoms with E-state index in [4.69, 9.17) is 5.73 Å². The standard InChI is InChI=1S/C11H17N5O2S2/c1-4-8-7(3)19-11(13-8)15-20(17,18)9-6-16(5-2)14-10(9)12/h6H,4-5H2,1-3H3,(H2,12,14)(H,13,15). The van der Waals surface area contributed by atoms with Gasteiger partial charge in [0.2, 0.25) is 0 Å². The minimum atomic E-state index is -3.76. The van der Waals surface area contributed by atoms with Gasteiger partial charge in [-0.25, -0.2) is 13.4 Å². The molecule has 0 saturated heterocycles. The molecule has 3 N–H and O–H groups in total. The Balaban J connectivity index is 2.32. The molecule has 0 spiro atoms. The predicted molar refractivity (Wildman–Crippen MR) is 79.4 cm³/mol. The zero-order valence-electron chi connectivity index (χ0n) is 11.5. The number of nitrogens with one attached hydrogen (secondary N) is 1. The van der Waals surface area contributed by atoms with Crippen LogP contribution in [0.1, 0.15) is 24.4 Å². The van der Waals surface area contributed by atoms with E-state index < -0.39 is 10.0 Å². The van der Waals surface area contributed by atoms with E-state index in [0.29, 0.717) is 11.7 Å². The molecule has 0 aromatic carbocycles. The Hall–Kier alpha value is -1.61. The largest absolute Gasteiger partial charge is 0.381 e. The van der Waals surface area contributed by atoms with Crippen LogP contribution in [0, 0.1) is 6.92 Å². The van der Waals surface area contributed by atoms with Gasteiger partial charge in [0.25, 0.3) is 10.0 Å². The van der Waals surface area contributed by atoms with E-state index >= 15 is 0 Å². The third-order valence-corrected chi connectivity index (χ3v) is 5.23. The van der Waals surface area contributed by atoms with Crippen molar-refractivity contribution in [3.05, 3.63) is 16.8 Å². The van der Waals surface area contributed by atoms with Crippen molar-refractivity contribution in [2.24, 2.45) is 0 Å². The highest BCUT2D eigenvalue weighted by Crippen LogP contribution is 2.26. The first kappa shape index (κ1) is 14.8. The molecular formula is C11H17N5O2S2. The van der Waals surface area contributed by atoms with E-state index in [1.165, 1.54) is 22.2 Å². The summed E-state index contributed by atoms with van der Waals surface area (Å²) >= 11 is 1.31. The Bertz CT molecular complexity index is 717. The summed E-state index contributed by atoms with van der Waals surface area (Å²) in [6, 6.07) is 0. The molecule has 0 aliphatic carbocycles. The monoisotopic (exact) mass is 315 g/mol. The molecule has 0 fully saturated rings. The summed E-state index contributed by atoms with van der Waals surface area (Å²) in [5, 5.41) is 4.28. The van der Waals surface area contributed by atoms with E-state index in [1.54, 1.807) is 0 Å². The maximum Gasteiger partial charge on any atom is 0.268 e. The van der Waals surface area contributed by atoms with Crippen molar-refractivity contribution in [2.75, 3.05) is 10.5 Å². The van der Waals surface area contributed by atoms with Gasteiger partial charge in [0.15, 0.2) is 10.9 Å². The van der Waals surface area contributed by atoms with Crippen molar-refractivity contribution in [1.29, 1.82) is 0 Å². The van der Waals surface area contributed by atoms with Crippen LogP contribution in [0.15, 0.2) is 11.1 Å². The van der Waals surface area contributed by atoms with Gasteiger partial charge in [-0.15, -0.1) is 11.3 Å². The third-order valence-electron chi connectivity index (χ3n) is 2.82. The second-order valence-electron chi connectivity index (χ2n) is 4.22. The number of nitrogens with two attached hydrogens (primary N) is 1. The van der Waals surface area contributed by atoms with Crippen molar-refractivity contribution in [2.45, 2.75) is 38.6 Å². The van der Waals surface area contributed by atoms with Crippen LogP contribution < -0.4 is 10.5 Å². The highest BCUT2D eigenvalue weighted by molar-refractivity contribution is 7.93. The molecule has 7 nitrogen and oxygen atoms in total. The zero-order valence-corrected chi connectivity index (χ0v) is 13.2. The molecular weight excluding hydrogens is 298 g/mol. The number of nitrogen functional groups attached to an aromatic ring is 1. The second kappa shape index (κ2) is 5.41. The van der Waals surface area contributed by atoms with Gasteiger partial charge in [0, 0.05) is 17.6 Å². The summed E-state index contributed by atoms with van der Waals surface area (Å²) in [7, 11) is -3.76. The van der Waals surface area contributed by atoms with E-state index in [-0.39, 0.29) is 10.7 Å². The number of rotatable bonds is 5. The fourth-order valence-electron chi connectivity index (χ4n) is 1.76. The van der Waals surface area contributed by atoms with E-state index in [9.17, 15) is 8.42 Å². The van der Waals surface area contributed by atoms with Crippen LogP contribution in [0.5, 0.6) is 0 Å². The predicted octanol–water partition coefficient (Wildman–Crippen LogP) is 1.61. The van der Waals surface area contributed by atoms with Gasteiger partial charge in [-0.2, -0.15) is 5.10 Å². The van der Waals surface area contributed by atoms with Crippen LogP contribution in [-0.2, 0) is 23.0 Å². The van der Waals surface area contributed by atoms with E-state index in [2.05, 4.69) is 14.8 Å². The first-order chi connectivity index (χ1) is 9.37. The van der Waals surface area contributed by atoms with Crippen LogP contribution in [0.25, 0.3) is 0 Å². The minimum Gasteiger partial charge on any atom is -0.381 e. The van der Waals surface area contributed by atoms with Gasteiger partial charge < -0.3 is 5.73 Å². The molecule has 0 radical (unpaired) electrons. The minimum absolute atomic E-state index is 0.0108. The lowest BCUT2D eigenvalue weighted by atomic mass is 10.3. The fraction of sp³-hybridized carbons (Fsp3) is 0.455. The Labute approximate surface area is 121 Å². The highest BCUT2D eigenvalue weighted by Gasteiger charge is 2.22. The Morgan fingerprint density at radius 1 is 1.45 bits per heavy atom. The summed E-state index contributed by atoms with van der Waals surface area (Å²) in [6.45, 7) is 6.30. The summed E-state index contributed by atoms with van der Waals surface area (Å²) in [5.74, 6) is -0.0108. The lowest BCUT2D eigenvalue weighted by Crippen LogP contribution is -2.13. The number of thiazole rings is 1. The molecule has 2 aromatic heterocycles. The van der Waals surface area contributed by atoms with Gasteiger partial charge in [-0.05, 0) is 20.3 Å². The molecule has 0 bridgehead atoms. The van der Waals surface area contributed by atoms with Crippen LogP contribution in [0.3, 0.4) is 0 Å². The number of anilines is 2. The number of hydrogen-bond donors (Lipinski definition) is 2. The summed E-state index contributed by atoms with van der Waals surface area (Å²) in [4.78, 5) is 5.24. The molecule has 9 heteroatoms. The number of aryl methyl sites for hydroxylation is 3. The first-order valence-electron chi connectivity index (χ1n) is 6.19. The molecule has 20 heavy (non-hydrogen) atoms.